The van der Waals surface area contributed by atoms with E-state index in [0.29, 0.717) is 18.3 Å². The number of nitrogens with two attached hydrogens (primary N) is 1. The second kappa shape index (κ2) is 7.31. The van der Waals surface area contributed by atoms with Gasteiger partial charge in [0.15, 0.2) is 0 Å². The summed E-state index contributed by atoms with van der Waals surface area (Å²) in [6.07, 6.45) is 2.86. The summed E-state index contributed by atoms with van der Waals surface area (Å²) < 4.78 is 10.8. The monoisotopic (exact) mass is 293 g/mol. The summed E-state index contributed by atoms with van der Waals surface area (Å²) in [4.78, 5) is 4.38. The highest BCUT2D eigenvalue weighted by Crippen LogP contribution is 2.28. The summed E-state index contributed by atoms with van der Waals surface area (Å²) in [7, 11) is 0. The molecule has 2 N–H and O–H groups in total. The molecule has 2 aromatic rings. The maximum Gasteiger partial charge on any atom is 0.243 e. The maximum atomic E-state index is 6.03. The Labute approximate surface area is 122 Å². The van der Waals surface area contributed by atoms with E-state index in [1.54, 1.807) is 11.8 Å². The fraction of sp³-hybridized carbons (Fsp3) is 0.429. The number of nitrogens with zero attached hydrogens (tertiary/aromatic N) is 2. The van der Waals surface area contributed by atoms with Gasteiger partial charge in [0.1, 0.15) is 5.75 Å². The van der Waals surface area contributed by atoms with Crippen LogP contribution in [0.25, 0.3) is 11.4 Å². The van der Waals surface area contributed by atoms with Crippen LogP contribution in [0.1, 0.15) is 25.3 Å². The van der Waals surface area contributed by atoms with Crippen LogP contribution in [-0.2, 0) is 0 Å². The van der Waals surface area contributed by atoms with E-state index < -0.39 is 0 Å². The number of hydrogen-bond acceptors (Lipinski definition) is 6. The molecular formula is C14H19N3O2S. The minimum absolute atomic E-state index is 0.219. The number of para-hydroxylation sites is 1. The molecular weight excluding hydrogens is 274 g/mol. The van der Waals surface area contributed by atoms with Crippen molar-refractivity contribution in [2.24, 2.45) is 5.73 Å². The lowest BCUT2D eigenvalue weighted by Gasteiger charge is -2.06. The summed E-state index contributed by atoms with van der Waals surface area (Å²) >= 11 is 1.75. The zero-order valence-electron chi connectivity index (χ0n) is 11.7. The van der Waals surface area contributed by atoms with Crippen LogP contribution < -0.4 is 10.5 Å². The van der Waals surface area contributed by atoms with E-state index in [2.05, 4.69) is 10.1 Å². The second-order valence-electron chi connectivity index (χ2n) is 4.27. The van der Waals surface area contributed by atoms with Crippen LogP contribution in [0, 0.1) is 0 Å². The van der Waals surface area contributed by atoms with Gasteiger partial charge >= 0.3 is 0 Å². The first-order valence-electron chi connectivity index (χ1n) is 6.56. The van der Waals surface area contributed by atoms with Crippen LogP contribution in [-0.4, -0.2) is 28.8 Å². The first-order valence-corrected chi connectivity index (χ1v) is 7.96. The number of benzene rings is 1. The third-order valence-electron chi connectivity index (χ3n) is 2.82. The van der Waals surface area contributed by atoms with E-state index in [-0.39, 0.29) is 6.04 Å². The van der Waals surface area contributed by atoms with Gasteiger partial charge in [-0.05, 0) is 37.5 Å². The van der Waals surface area contributed by atoms with E-state index in [1.165, 1.54) is 0 Å². The number of hydrogen-bond donors (Lipinski definition) is 1. The molecule has 5 nitrogen and oxygen atoms in total. The molecule has 0 saturated carbocycles. The van der Waals surface area contributed by atoms with Gasteiger partial charge in [-0.2, -0.15) is 16.7 Å². The SMILES string of the molecule is CCOc1ccccc1-c1noc(C(N)CCSC)n1. The van der Waals surface area contributed by atoms with Crippen LogP contribution in [0.15, 0.2) is 28.8 Å². The van der Waals surface area contributed by atoms with Gasteiger partial charge in [0.2, 0.25) is 11.7 Å². The lowest BCUT2D eigenvalue weighted by Crippen LogP contribution is -2.11. The molecule has 0 saturated heterocycles. The Morgan fingerprint density at radius 1 is 1.40 bits per heavy atom. The van der Waals surface area contributed by atoms with E-state index >= 15 is 0 Å². The second-order valence-corrected chi connectivity index (χ2v) is 5.26. The molecule has 1 atom stereocenters. The van der Waals surface area contributed by atoms with Gasteiger partial charge in [-0.25, -0.2) is 0 Å². The number of rotatable bonds is 7. The van der Waals surface area contributed by atoms with Gasteiger partial charge < -0.3 is 15.0 Å². The van der Waals surface area contributed by atoms with Crippen molar-refractivity contribution in [1.82, 2.24) is 10.1 Å². The van der Waals surface area contributed by atoms with E-state index in [4.69, 9.17) is 15.0 Å². The molecule has 1 aromatic heterocycles. The predicted octanol–water partition coefficient (Wildman–Crippen LogP) is 2.89. The highest BCUT2D eigenvalue weighted by atomic mass is 32.2. The zero-order valence-corrected chi connectivity index (χ0v) is 12.5. The first-order chi connectivity index (χ1) is 9.76. The third-order valence-corrected chi connectivity index (χ3v) is 3.46. The molecule has 0 aliphatic rings. The molecule has 0 radical (unpaired) electrons. The van der Waals surface area contributed by atoms with Crippen LogP contribution in [0.5, 0.6) is 5.75 Å². The molecule has 0 spiro atoms. The summed E-state index contributed by atoms with van der Waals surface area (Å²) in [6.45, 7) is 2.53. The van der Waals surface area contributed by atoms with Crippen LogP contribution in [0.2, 0.25) is 0 Å². The molecule has 108 valence electrons. The summed E-state index contributed by atoms with van der Waals surface area (Å²) in [5.74, 6) is 2.71. The minimum Gasteiger partial charge on any atom is -0.493 e. The fourth-order valence-corrected chi connectivity index (χ4v) is 2.29. The molecule has 2 rings (SSSR count). The van der Waals surface area contributed by atoms with Crippen LogP contribution >= 0.6 is 11.8 Å². The average Bonchev–Trinajstić information content (AvgIpc) is 2.95. The van der Waals surface area contributed by atoms with Gasteiger partial charge in [0.05, 0.1) is 18.2 Å². The van der Waals surface area contributed by atoms with Crippen molar-refractivity contribution >= 4 is 11.8 Å². The smallest absolute Gasteiger partial charge is 0.243 e. The van der Waals surface area contributed by atoms with E-state index in [1.807, 2.05) is 37.4 Å². The van der Waals surface area contributed by atoms with Gasteiger partial charge in [0, 0.05) is 0 Å². The van der Waals surface area contributed by atoms with Gasteiger partial charge in [-0.15, -0.1) is 0 Å². The normalized spacial score (nSPS) is 12.3. The molecule has 0 aliphatic carbocycles. The molecule has 1 unspecified atom stereocenters. The molecule has 1 aromatic carbocycles. The first kappa shape index (κ1) is 14.9. The molecule has 0 bridgehead atoms. The van der Waals surface area contributed by atoms with Crippen molar-refractivity contribution in [3.8, 4) is 17.1 Å². The summed E-state index contributed by atoms with van der Waals surface area (Å²) in [5, 5.41) is 4.01. The lowest BCUT2D eigenvalue weighted by atomic mass is 10.2. The van der Waals surface area contributed by atoms with Crippen molar-refractivity contribution in [3.05, 3.63) is 30.2 Å². The van der Waals surface area contributed by atoms with Crippen molar-refractivity contribution in [2.45, 2.75) is 19.4 Å². The Morgan fingerprint density at radius 3 is 2.95 bits per heavy atom. The van der Waals surface area contributed by atoms with Crippen molar-refractivity contribution in [1.29, 1.82) is 0 Å². The minimum atomic E-state index is -0.219. The quantitative estimate of drug-likeness (QED) is 0.846. The standard InChI is InChI=1S/C14H19N3O2S/c1-3-18-12-7-5-4-6-10(12)13-16-14(19-17-13)11(15)8-9-20-2/h4-7,11H,3,8-9,15H2,1-2H3. The Hall–Kier alpha value is -1.53. The van der Waals surface area contributed by atoms with E-state index in [0.717, 1.165) is 23.5 Å². The van der Waals surface area contributed by atoms with Crippen molar-refractivity contribution < 1.29 is 9.26 Å². The van der Waals surface area contributed by atoms with Crippen LogP contribution in [0.3, 0.4) is 0 Å². The highest BCUT2D eigenvalue weighted by molar-refractivity contribution is 7.98. The Morgan fingerprint density at radius 2 is 2.20 bits per heavy atom. The molecule has 0 aliphatic heterocycles. The maximum absolute atomic E-state index is 6.03. The van der Waals surface area contributed by atoms with E-state index in [9.17, 15) is 0 Å². The molecule has 6 heteroatoms. The van der Waals surface area contributed by atoms with Crippen LogP contribution in [0.4, 0.5) is 0 Å². The lowest BCUT2D eigenvalue weighted by molar-refractivity contribution is 0.340. The third kappa shape index (κ3) is 3.52. The highest BCUT2D eigenvalue weighted by Gasteiger charge is 2.17. The van der Waals surface area contributed by atoms with Gasteiger partial charge in [0.25, 0.3) is 0 Å². The Bertz CT molecular complexity index is 545. The predicted molar refractivity (Wildman–Crippen MR) is 80.8 cm³/mol. The summed E-state index contributed by atoms with van der Waals surface area (Å²) in [5.41, 5.74) is 6.85. The molecule has 0 fully saturated rings. The van der Waals surface area contributed by atoms with Crippen molar-refractivity contribution in [3.63, 3.8) is 0 Å². The molecule has 0 amide bonds. The zero-order chi connectivity index (χ0) is 14.4. The van der Waals surface area contributed by atoms with Gasteiger partial charge in [-0.1, -0.05) is 17.3 Å². The fourth-order valence-electron chi connectivity index (χ4n) is 1.80. The number of ether oxygens (including phenoxy) is 1. The Kier molecular flexibility index (Phi) is 5.43. The van der Waals surface area contributed by atoms with Crippen molar-refractivity contribution in [2.75, 3.05) is 18.6 Å². The molecule has 20 heavy (non-hydrogen) atoms. The number of aromatic nitrogens is 2. The number of thioether (sulfide) groups is 1. The Balaban J connectivity index is 2.20. The topological polar surface area (TPSA) is 74.2 Å². The average molecular weight is 293 g/mol. The molecule has 1 heterocycles. The van der Waals surface area contributed by atoms with Gasteiger partial charge in [-0.3, -0.25) is 0 Å². The largest absolute Gasteiger partial charge is 0.493 e. The summed E-state index contributed by atoms with van der Waals surface area (Å²) in [6, 6.07) is 7.42.